The lowest BCUT2D eigenvalue weighted by molar-refractivity contribution is -0.130. The van der Waals surface area contributed by atoms with Crippen LogP contribution in [0.15, 0.2) is 95.5 Å². The van der Waals surface area contributed by atoms with E-state index in [1.165, 1.54) is 0 Å². The van der Waals surface area contributed by atoms with E-state index >= 15 is 0 Å². The number of ether oxygens (including phenoxy) is 3. The smallest absolute Gasteiger partial charge is 0.343 e. The molecule has 0 N–H and O–H groups in total. The summed E-state index contributed by atoms with van der Waals surface area (Å²) in [6.45, 7) is 6.74. The Morgan fingerprint density at radius 1 is 1.03 bits per heavy atom. The first-order valence-corrected chi connectivity index (χ1v) is 11.9. The molecular formula is C29H25BrO4. The minimum atomic E-state index is -0.384. The number of hydrogen-bond donors (Lipinski definition) is 0. The lowest BCUT2D eigenvalue weighted by Gasteiger charge is -2.17. The fourth-order valence-corrected chi connectivity index (χ4v) is 3.92. The van der Waals surface area contributed by atoms with Gasteiger partial charge in [0.15, 0.2) is 11.5 Å². The second kappa shape index (κ2) is 11.0. The third-order valence-corrected chi connectivity index (χ3v) is 5.75. The molecule has 1 aliphatic rings. The SMILES string of the molecule is C=CCc1cc(/C=C2\C=C(c3ccc(Br)cc3)OC2=O)cc(OCC)c1OCc1ccccc1. The van der Waals surface area contributed by atoms with Crippen molar-refractivity contribution in [1.82, 2.24) is 0 Å². The topological polar surface area (TPSA) is 44.8 Å². The van der Waals surface area contributed by atoms with Gasteiger partial charge in [-0.1, -0.05) is 64.5 Å². The highest BCUT2D eigenvalue weighted by molar-refractivity contribution is 9.10. The lowest BCUT2D eigenvalue weighted by atomic mass is 10.0. The predicted molar refractivity (Wildman–Crippen MR) is 138 cm³/mol. The summed E-state index contributed by atoms with van der Waals surface area (Å²) in [6, 6.07) is 21.5. The van der Waals surface area contributed by atoms with E-state index in [4.69, 9.17) is 14.2 Å². The standard InChI is InChI=1S/C29H25BrO4/c1-3-8-23-15-21(16-24-18-26(34-29(24)31)22-11-13-25(30)14-12-22)17-27(32-4-2)28(23)33-19-20-9-6-5-7-10-20/h3,5-7,9-18H,1,4,8,19H2,2H3/b24-16+. The zero-order chi connectivity index (χ0) is 23.9. The fourth-order valence-electron chi connectivity index (χ4n) is 3.66. The number of carbonyl (C=O) groups is 1. The van der Waals surface area contributed by atoms with Crippen molar-refractivity contribution in [3.8, 4) is 11.5 Å². The fraction of sp³-hybridized carbons (Fsp3) is 0.138. The van der Waals surface area contributed by atoms with Crippen LogP contribution in [0, 0.1) is 0 Å². The molecule has 172 valence electrons. The average molecular weight is 517 g/mol. The van der Waals surface area contributed by atoms with Gasteiger partial charge in [-0.05, 0) is 60.9 Å². The van der Waals surface area contributed by atoms with Crippen LogP contribution in [0.5, 0.6) is 11.5 Å². The molecule has 1 aliphatic heterocycles. The van der Waals surface area contributed by atoms with E-state index in [9.17, 15) is 4.79 Å². The molecule has 0 saturated heterocycles. The summed E-state index contributed by atoms with van der Waals surface area (Å²) in [7, 11) is 0. The van der Waals surface area contributed by atoms with Gasteiger partial charge in [-0.3, -0.25) is 0 Å². The summed E-state index contributed by atoms with van der Waals surface area (Å²) < 4.78 is 18.6. The van der Waals surface area contributed by atoms with Crippen LogP contribution < -0.4 is 9.47 Å². The second-order valence-corrected chi connectivity index (χ2v) is 8.63. The van der Waals surface area contributed by atoms with Crippen molar-refractivity contribution in [2.24, 2.45) is 0 Å². The summed E-state index contributed by atoms with van der Waals surface area (Å²) in [6.07, 6.45) is 6.00. The van der Waals surface area contributed by atoms with E-state index < -0.39 is 0 Å². The maximum absolute atomic E-state index is 12.6. The van der Waals surface area contributed by atoms with Gasteiger partial charge in [0.2, 0.25) is 0 Å². The van der Waals surface area contributed by atoms with Gasteiger partial charge in [-0.2, -0.15) is 0 Å². The van der Waals surface area contributed by atoms with Gasteiger partial charge >= 0.3 is 5.97 Å². The van der Waals surface area contributed by atoms with E-state index in [2.05, 4.69) is 22.5 Å². The molecule has 0 amide bonds. The van der Waals surface area contributed by atoms with Gasteiger partial charge in [0.1, 0.15) is 12.4 Å². The molecule has 0 atom stereocenters. The van der Waals surface area contributed by atoms with E-state index in [0.717, 1.165) is 26.7 Å². The number of cyclic esters (lactones) is 1. The number of rotatable bonds is 9. The zero-order valence-electron chi connectivity index (χ0n) is 18.9. The molecule has 0 fully saturated rings. The number of halogens is 1. The van der Waals surface area contributed by atoms with Crippen LogP contribution in [-0.2, 0) is 22.6 Å². The Morgan fingerprint density at radius 2 is 1.79 bits per heavy atom. The number of hydrogen-bond acceptors (Lipinski definition) is 4. The third-order valence-electron chi connectivity index (χ3n) is 5.22. The molecule has 34 heavy (non-hydrogen) atoms. The van der Waals surface area contributed by atoms with E-state index in [0.29, 0.717) is 42.5 Å². The Kier molecular flexibility index (Phi) is 7.65. The summed E-state index contributed by atoms with van der Waals surface area (Å²) >= 11 is 3.42. The molecular weight excluding hydrogens is 492 g/mol. The molecule has 5 heteroatoms. The molecule has 3 aromatic rings. The Labute approximate surface area is 208 Å². The highest BCUT2D eigenvalue weighted by atomic mass is 79.9. The van der Waals surface area contributed by atoms with Crippen molar-refractivity contribution in [2.75, 3.05) is 6.61 Å². The molecule has 4 rings (SSSR count). The summed E-state index contributed by atoms with van der Waals surface area (Å²) in [5, 5.41) is 0. The highest BCUT2D eigenvalue weighted by Crippen LogP contribution is 2.36. The van der Waals surface area contributed by atoms with Gasteiger partial charge in [-0.25, -0.2) is 4.79 Å². The molecule has 4 nitrogen and oxygen atoms in total. The second-order valence-electron chi connectivity index (χ2n) is 7.71. The Bertz CT molecular complexity index is 1240. The van der Waals surface area contributed by atoms with Crippen molar-refractivity contribution in [3.05, 3.63) is 118 Å². The zero-order valence-corrected chi connectivity index (χ0v) is 20.5. The molecule has 0 spiro atoms. The quantitative estimate of drug-likeness (QED) is 0.172. The first-order valence-electron chi connectivity index (χ1n) is 11.1. The van der Waals surface area contributed by atoms with E-state index in [-0.39, 0.29) is 5.97 Å². The van der Waals surface area contributed by atoms with Gasteiger partial charge in [0.25, 0.3) is 0 Å². The first-order chi connectivity index (χ1) is 16.6. The third kappa shape index (κ3) is 5.67. The Hall–Kier alpha value is -3.57. The molecule has 0 radical (unpaired) electrons. The van der Waals surface area contributed by atoms with Crippen molar-refractivity contribution in [3.63, 3.8) is 0 Å². The van der Waals surface area contributed by atoms with Crippen LogP contribution >= 0.6 is 15.9 Å². The van der Waals surface area contributed by atoms with Crippen LogP contribution in [0.2, 0.25) is 0 Å². The molecule has 0 saturated carbocycles. The van der Waals surface area contributed by atoms with Crippen molar-refractivity contribution >= 4 is 33.7 Å². The maximum Gasteiger partial charge on any atom is 0.343 e. The van der Waals surface area contributed by atoms with Crippen LogP contribution in [-0.4, -0.2) is 12.6 Å². The minimum absolute atomic E-state index is 0.384. The largest absolute Gasteiger partial charge is 0.490 e. The van der Waals surface area contributed by atoms with Crippen LogP contribution in [0.3, 0.4) is 0 Å². The predicted octanol–water partition coefficient (Wildman–Crippen LogP) is 7.14. The van der Waals surface area contributed by atoms with Crippen molar-refractivity contribution in [1.29, 1.82) is 0 Å². The van der Waals surface area contributed by atoms with Gasteiger partial charge < -0.3 is 14.2 Å². The normalized spacial score (nSPS) is 14.0. The minimum Gasteiger partial charge on any atom is -0.490 e. The number of carbonyl (C=O) groups excluding carboxylic acids is 1. The van der Waals surface area contributed by atoms with E-state index in [1.807, 2.05) is 85.8 Å². The molecule has 0 unspecified atom stereocenters. The number of esters is 1. The Morgan fingerprint density at radius 3 is 2.50 bits per heavy atom. The monoisotopic (exact) mass is 516 g/mol. The molecule has 0 bridgehead atoms. The summed E-state index contributed by atoms with van der Waals surface area (Å²) in [5.74, 6) is 1.47. The van der Waals surface area contributed by atoms with Crippen LogP contribution in [0.25, 0.3) is 11.8 Å². The first kappa shape index (κ1) is 23.6. The molecule has 1 heterocycles. The van der Waals surface area contributed by atoms with Gasteiger partial charge in [0, 0.05) is 15.6 Å². The maximum atomic E-state index is 12.6. The number of benzene rings is 3. The van der Waals surface area contributed by atoms with Gasteiger partial charge in [0.05, 0.1) is 12.2 Å². The van der Waals surface area contributed by atoms with Gasteiger partial charge in [-0.15, -0.1) is 6.58 Å². The molecule has 3 aromatic carbocycles. The van der Waals surface area contributed by atoms with Crippen LogP contribution in [0.4, 0.5) is 0 Å². The average Bonchev–Trinajstić information content (AvgIpc) is 3.20. The summed E-state index contributed by atoms with van der Waals surface area (Å²) in [4.78, 5) is 12.6. The number of allylic oxidation sites excluding steroid dienone is 1. The molecule has 0 aliphatic carbocycles. The van der Waals surface area contributed by atoms with Crippen LogP contribution in [0.1, 0.15) is 29.2 Å². The van der Waals surface area contributed by atoms with E-state index in [1.54, 1.807) is 6.08 Å². The Balaban J connectivity index is 1.67. The molecule has 0 aromatic heterocycles. The van der Waals surface area contributed by atoms with Crippen molar-refractivity contribution in [2.45, 2.75) is 20.0 Å². The summed E-state index contributed by atoms with van der Waals surface area (Å²) in [5.41, 5.74) is 4.15. The lowest BCUT2D eigenvalue weighted by Crippen LogP contribution is -2.03. The highest BCUT2D eigenvalue weighted by Gasteiger charge is 2.22. The van der Waals surface area contributed by atoms with Crippen molar-refractivity contribution < 1.29 is 19.0 Å².